The number of piperidine rings is 1. The summed E-state index contributed by atoms with van der Waals surface area (Å²) < 4.78 is 78.5. The summed E-state index contributed by atoms with van der Waals surface area (Å²) in [6.07, 6.45) is -5.65. The number of hydrogen-bond donors (Lipinski definition) is 2. The summed E-state index contributed by atoms with van der Waals surface area (Å²) in [6, 6.07) is -0.356. The molecule has 3 N–H and O–H groups in total. The van der Waals surface area contributed by atoms with E-state index in [2.05, 4.69) is 4.98 Å². The van der Waals surface area contributed by atoms with E-state index in [0.717, 1.165) is 12.1 Å². The zero-order valence-corrected chi connectivity index (χ0v) is 21.0. The van der Waals surface area contributed by atoms with E-state index in [1.165, 1.54) is 9.62 Å². The smallest absolute Gasteiger partial charge is 0.364 e. The SMILES string of the molecule is CC(NS(=O)(=O)c1ccc(-c2sc(C(N)=O)nc2C(=O)N2CCC(F)CC2)c(Cl)c1Cl)C(F)(F)F. The summed E-state index contributed by atoms with van der Waals surface area (Å²) in [6.45, 7) is 0.836. The highest BCUT2D eigenvalue weighted by Gasteiger charge is 2.39. The summed E-state index contributed by atoms with van der Waals surface area (Å²) in [5.41, 5.74) is 5.08. The van der Waals surface area contributed by atoms with Crippen molar-refractivity contribution in [1.82, 2.24) is 14.6 Å². The summed E-state index contributed by atoms with van der Waals surface area (Å²) in [5.74, 6) is -1.57. The van der Waals surface area contributed by atoms with Gasteiger partial charge in [0.05, 0.1) is 14.9 Å². The molecule has 2 aromatic rings. The number of aromatic nitrogens is 1. The van der Waals surface area contributed by atoms with Gasteiger partial charge in [-0.25, -0.2) is 17.8 Å². The van der Waals surface area contributed by atoms with Gasteiger partial charge in [0, 0.05) is 18.7 Å². The minimum absolute atomic E-state index is 0.00761. The number of sulfonamides is 1. The van der Waals surface area contributed by atoms with Crippen molar-refractivity contribution < 1.29 is 35.6 Å². The number of likely N-dealkylation sites (tertiary alicyclic amines) is 1. The average molecular weight is 577 g/mol. The van der Waals surface area contributed by atoms with Gasteiger partial charge in [-0.05, 0) is 25.8 Å². The number of benzene rings is 1. The summed E-state index contributed by atoms with van der Waals surface area (Å²) in [7, 11) is -4.74. The van der Waals surface area contributed by atoms with Crippen LogP contribution in [0.3, 0.4) is 0 Å². The number of amides is 2. The molecule has 16 heteroatoms. The maximum Gasteiger partial charge on any atom is 0.404 e. The molecule has 8 nitrogen and oxygen atoms in total. The van der Waals surface area contributed by atoms with Crippen LogP contribution < -0.4 is 10.5 Å². The number of carbonyl (C=O) groups is 2. The van der Waals surface area contributed by atoms with Gasteiger partial charge in [-0.1, -0.05) is 29.3 Å². The Morgan fingerprint density at radius 2 is 1.83 bits per heavy atom. The predicted molar refractivity (Wildman–Crippen MR) is 122 cm³/mol. The average Bonchev–Trinajstić information content (AvgIpc) is 3.20. The molecule has 1 saturated heterocycles. The molecule has 1 aromatic carbocycles. The molecule has 1 aliphatic heterocycles. The Hall–Kier alpha value is -2.00. The molecule has 0 radical (unpaired) electrons. The normalized spacial score (nSPS) is 16.4. The number of thiazole rings is 1. The van der Waals surface area contributed by atoms with Gasteiger partial charge in [-0.15, -0.1) is 11.3 Å². The summed E-state index contributed by atoms with van der Waals surface area (Å²) >= 11 is 13.1. The highest BCUT2D eigenvalue weighted by Crippen LogP contribution is 2.42. The number of carbonyl (C=O) groups excluding carboxylic acids is 2. The molecule has 1 fully saturated rings. The molecule has 1 unspecified atom stereocenters. The zero-order chi connectivity index (χ0) is 26.3. The number of rotatable bonds is 6. The first-order chi connectivity index (χ1) is 16.1. The highest BCUT2D eigenvalue weighted by atomic mass is 35.5. The lowest BCUT2D eigenvalue weighted by atomic mass is 10.1. The summed E-state index contributed by atoms with van der Waals surface area (Å²) in [5, 5.41) is -1.24. The third-order valence-corrected chi connectivity index (χ3v) is 8.84. The van der Waals surface area contributed by atoms with Crippen molar-refractivity contribution >= 4 is 56.4 Å². The van der Waals surface area contributed by atoms with Crippen LogP contribution in [0.5, 0.6) is 0 Å². The molecular formula is C19H18Cl2F4N4O4S2. The van der Waals surface area contributed by atoms with Crippen molar-refractivity contribution in [2.45, 2.75) is 43.1 Å². The molecule has 2 amide bonds. The number of primary amides is 1. The van der Waals surface area contributed by atoms with Crippen molar-refractivity contribution in [3.8, 4) is 10.4 Å². The first-order valence-corrected chi connectivity index (χ1v) is 13.0. The molecule has 3 rings (SSSR count). The maximum absolute atomic E-state index is 13.5. The third kappa shape index (κ3) is 5.88. The Kier molecular flexibility index (Phi) is 8.01. The van der Waals surface area contributed by atoms with Gasteiger partial charge >= 0.3 is 6.18 Å². The van der Waals surface area contributed by atoms with Crippen LogP contribution in [0.2, 0.25) is 10.0 Å². The Bertz CT molecular complexity index is 1260. The van der Waals surface area contributed by atoms with Gasteiger partial charge in [-0.2, -0.15) is 17.9 Å². The largest absolute Gasteiger partial charge is 0.404 e. The molecule has 1 atom stereocenters. The molecular weight excluding hydrogens is 559 g/mol. The topological polar surface area (TPSA) is 122 Å². The van der Waals surface area contributed by atoms with Gasteiger partial charge in [0.15, 0.2) is 5.01 Å². The Labute approximate surface area is 211 Å². The molecule has 0 bridgehead atoms. The fraction of sp³-hybridized carbons (Fsp3) is 0.421. The van der Waals surface area contributed by atoms with Crippen molar-refractivity contribution in [2.24, 2.45) is 5.73 Å². The molecule has 35 heavy (non-hydrogen) atoms. The van der Waals surface area contributed by atoms with Crippen LogP contribution in [-0.2, 0) is 10.0 Å². The van der Waals surface area contributed by atoms with Gasteiger partial charge < -0.3 is 10.6 Å². The lowest BCUT2D eigenvalue weighted by Gasteiger charge is -2.28. The lowest BCUT2D eigenvalue weighted by Crippen LogP contribution is -2.43. The van der Waals surface area contributed by atoms with Crippen LogP contribution in [0.25, 0.3) is 10.4 Å². The van der Waals surface area contributed by atoms with Gasteiger partial charge in [0.1, 0.15) is 22.8 Å². The van der Waals surface area contributed by atoms with Crippen molar-refractivity contribution in [3.63, 3.8) is 0 Å². The Morgan fingerprint density at radius 3 is 2.37 bits per heavy atom. The van der Waals surface area contributed by atoms with E-state index in [1.54, 1.807) is 0 Å². The molecule has 1 aromatic heterocycles. The lowest BCUT2D eigenvalue weighted by molar-refractivity contribution is -0.147. The van der Waals surface area contributed by atoms with Crippen molar-refractivity contribution in [1.29, 1.82) is 0 Å². The van der Waals surface area contributed by atoms with Crippen LogP contribution in [0.1, 0.15) is 40.1 Å². The van der Waals surface area contributed by atoms with Crippen LogP contribution >= 0.6 is 34.5 Å². The fourth-order valence-electron chi connectivity index (χ4n) is 3.23. The van der Waals surface area contributed by atoms with E-state index < -0.39 is 55.2 Å². The highest BCUT2D eigenvalue weighted by molar-refractivity contribution is 7.89. The third-order valence-electron chi connectivity index (χ3n) is 5.16. The fourth-order valence-corrected chi connectivity index (χ4v) is 6.32. The van der Waals surface area contributed by atoms with E-state index in [4.69, 9.17) is 28.9 Å². The van der Waals surface area contributed by atoms with Crippen LogP contribution in [0.15, 0.2) is 17.0 Å². The second-order valence-corrected chi connectivity index (χ2v) is 11.1. The second-order valence-electron chi connectivity index (χ2n) is 7.65. The maximum atomic E-state index is 13.5. The minimum atomic E-state index is -4.84. The Balaban J connectivity index is 2.05. The second kappa shape index (κ2) is 10.2. The zero-order valence-electron chi connectivity index (χ0n) is 17.8. The number of alkyl halides is 4. The van der Waals surface area contributed by atoms with Crippen LogP contribution in [0.4, 0.5) is 17.6 Å². The molecule has 2 heterocycles. The molecule has 0 saturated carbocycles. The van der Waals surface area contributed by atoms with Gasteiger partial charge in [-0.3, -0.25) is 9.59 Å². The standard InChI is InChI=1S/C19H18Cl2F4N4O4S2/c1-8(19(23,24)25)28-35(32,33)11-3-2-10(12(20)13(11)21)15-14(27-17(34-15)16(26)30)18(31)29-6-4-9(22)5-7-29/h2-3,8-9,28H,4-7H2,1H3,(H2,26,30). The number of nitrogens with zero attached hydrogens (tertiary/aromatic N) is 2. The quantitative estimate of drug-likeness (QED) is 0.503. The number of hydrogen-bond acceptors (Lipinski definition) is 6. The predicted octanol–water partition coefficient (Wildman–Crippen LogP) is 4.02. The Morgan fingerprint density at radius 1 is 1.23 bits per heavy atom. The molecule has 0 spiro atoms. The molecule has 192 valence electrons. The number of nitrogens with two attached hydrogens (primary N) is 1. The number of halogens is 6. The molecule has 1 aliphatic rings. The van der Waals surface area contributed by atoms with E-state index >= 15 is 0 Å². The monoisotopic (exact) mass is 576 g/mol. The van der Waals surface area contributed by atoms with E-state index in [0.29, 0.717) is 18.3 Å². The minimum Gasteiger partial charge on any atom is -0.364 e. The van der Waals surface area contributed by atoms with Gasteiger partial charge in [0.2, 0.25) is 10.0 Å². The van der Waals surface area contributed by atoms with E-state index in [1.807, 2.05) is 0 Å². The molecule has 0 aliphatic carbocycles. The van der Waals surface area contributed by atoms with Gasteiger partial charge in [0.25, 0.3) is 11.8 Å². The van der Waals surface area contributed by atoms with Crippen LogP contribution in [0, 0.1) is 0 Å². The summed E-state index contributed by atoms with van der Waals surface area (Å²) in [4.78, 5) is 29.5. The van der Waals surface area contributed by atoms with Crippen molar-refractivity contribution in [3.05, 3.63) is 32.9 Å². The van der Waals surface area contributed by atoms with E-state index in [9.17, 15) is 35.6 Å². The van der Waals surface area contributed by atoms with E-state index in [-0.39, 0.29) is 47.1 Å². The van der Waals surface area contributed by atoms with Crippen molar-refractivity contribution in [2.75, 3.05) is 13.1 Å². The van der Waals surface area contributed by atoms with Crippen LogP contribution in [-0.4, -0.2) is 61.6 Å². The first-order valence-electron chi connectivity index (χ1n) is 9.95. The number of nitrogens with one attached hydrogen (secondary N) is 1. The first kappa shape index (κ1) is 27.6.